The quantitative estimate of drug-likeness (QED) is 0.639. The van der Waals surface area contributed by atoms with Gasteiger partial charge in [-0.2, -0.15) is 0 Å². The van der Waals surface area contributed by atoms with Crippen molar-refractivity contribution in [2.24, 2.45) is 11.8 Å². The predicted octanol–water partition coefficient (Wildman–Crippen LogP) is 5.00. The van der Waals surface area contributed by atoms with Crippen molar-refractivity contribution in [2.75, 3.05) is 0 Å². The molecule has 1 aromatic carbocycles. The van der Waals surface area contributed by atoms with Crippen molar-refractivity contribution in [1.82, 2.24) is 0 Å². The van der Waals surface area contributed by atoms with E-state index in [4.69, 9.17) is 0 Å². The van der Waals surface area contributed by atoms with E-state index in [9.17, 15) is 4.79 Å². The summed E-state index contributed by atoms with van der Waals surface area (Å²) in [4.78, 5) is 12.2. The average molecular weight is 366 g/mol. The van der Waals surface area contributed by atoms with Gasteiger partial charge in [-0.1, -0.05) is 42.3 Å². The van der Waals surface area contributed by atoms with Crippen LogP contribution in [0.25, 0.3) is 3.58 Å². The zero-order valence-corrected chi connectivity index (χ0v) is 13.2. The third kappa shape index (κ3) is 2.78. The molecule has 0 aliphatic heterocycles. The molecule has 3 rings (SSSR count). The lowest BCUT2D eigenvalue weighted by Crippen LogP contribution is -2.15. The summed E-state index contributed by atoms with van der Waals surface area (Å²) in [5.41, 5.74) is 2.82. The Morgan fingerprint density at radius 3 is 2.68 bits per heavy atom. The fourth-order valence-corrected chi connectivity index (χ4v) is 4.31. The highest BCUT2D eigenvalue weighted by atomic mass is 127. The Kier molecular flexibility index (Phi) is 4.06. The largest absolute Gasteiger partial charge is 0.299 e. The number of halogens is 1. The van der Waals surface area contributed by atoms with Crippen LogP contribution in [0.15, 0.2) is 35.9 Å². The van der Waals surface area contributed by atoms with E-state index < -0.39 is 0 Å². The van der Waals surface area contributed by atoms with Gasteiger partial charge in [0.2, 0.25) is 0 Å². The van der Waals surface area contributed by atoms with Crippen LogP contribution in [-0.2, 0) is 4.79 Å². The summed E-state index contributed by atoms with van der Waals surface area (Å²) in [7, 11) is 0. The van der Waals surface area contributed by atoms with Crippen LogP contribution in [0.2, 0.25) is 0 Å². The molecule has 2 unspecified atom stereocenters. The van der Waals surface area contributed by atoms with E-state index in [0.717, 1.165) is 25.7 Å². The molecule has 0 amide bonds. The summed E-state index contributed by atoms with van der Waals surface area (Å²) in [5, 5.41) is 0. The molecule has 100 valence electrons. The first-order chi connectivity index (χ1) is 9.25. The summed E-state index contributed by atoms with van der Waals surface area (Å²) in [6.07, 6.45) is 6.57. The number of hydrogen-bond donors (Lipinski definition) is 0. The standard InChI is InChI=1S/C17H19IO/c18-17(12-6-2-1-3-7-12)14-10-13-8-4-5-9-16(19)15(13)11-14/h1-3,6-7,13,15H,4-5,8-11H2/b17-14+. The van der Waals surface area contributed by atoms with Crippen molar-refractivity contribution in [3.63, 3.8) is 0 Å². The Hall–Kier alpha value is -0.640. The van der Waals surface area contributed by atoms with Gasteiger partial charge in [0.05, 0.1) is 0 Å². The summed E-state index contributed by atoms with van der Waals surface area (Å²) in [6.45, 7) is 0. The number of fused-ring (bicyclic) bond motifs is 1. The van der Waals surface area contributed by atoms with Crippen molar-refractivity contribution < 1.29 is 4.79 Å². The molecule has 0 saturated heterocycles. The molecule has 1 nitrogen and oxygen atoms in total. The monoisotopic (exact) mass is 366 g/mol. The van der Waals surface area contributed by atoms with Gasteiger partial charge in [-0.15, -0.1) is 0 Å². The first-order valence-electron chi connectivity index (χ1n) is 7.21. The molecule has 19 heavy (non-hydrogen) atoms. The number of carbonyl (C=O) groups is 1. The van der Waals surface area contributed by atoms with Crippen LogP contribution in [0.1, 0.15) is 44.1 Å². The van der Waals surface area contributed by atoms with Crippen LogP contribution in [0, 0.1) is 11.8 Å². The minimum atomic E-state index is 0.325. The Morgan fingerprint density at radius 2 is 1.89 bits per heavy atom. The summed E-state index contributed by atoms with van der Waals surface area (Å²) in [5.74, 6) is 1.47. The third-order valence-electron chi connectivity index (χ3n) is 4.54. The van der Waals surface area contributed by atoms with Gasteiger partial charge in [0.1, 0.15) is 5.78 Å². The highest BCUT2D eigenvalue weighted by Gasteiger charge is 2.37. The van der Waals surface area contributed by atoms with Crippen LogP contribution in [-0.4, -0.2) is 5.78 Å². The topological polar surface area (TPSA) is 17.1 Å². The number of benzene rings is 1. The number of hydrogen-bond acceptors (Lipinski definition) is 1. The molecule has 0 N–H and O–H groups in total. The van der Waals surface area contributed by atoms with E-state index in [1.165, 1.54) is 27.6 Å². The van der Waals surface area contributed by atoms with Gasteiger partial charge in [-0.3, -0.25) is 4.79 Å². The van der Waals surface area contributed by atoms with E-state index in [1.807, 2.05) is 0 Å². The molecular weight excluding hydrogens is 347 g/mol. The second-order valence-electron chi connectivity index (χ2n) is 5.77. The van der Waals surface area contributed by atoms with E-state index in [0.29, 0.717) is 17.6 Å². The Bertz CT molecular complexity index is 503. The smallest absolute Gasteiger partial charge is 0.136 e. The van der Waals surface area contributed by atoms with Crippen LogP contribution in [0.3, 0.4) is 0 Å². The van der Waals surface area contributed by atoms with Gasteiger partial charge in [0, 0.05) is 15.9 Å². The van der Waals surface area contributed by atoms with Crippen molar-refractivity contribution >= 4 is 32.0 Å². The fraction of sp³-hybridized carbons (Fsp3) is 0.471. The molecule has 2 heteroatoms. The molecule has 2 atom stereocenters. The molecular formula is C17H19IO. The van der Waals surface area contributed by atoms with Gasteiger partial charge in [-0.05, 0) is 59.8 Å². The van der Waals surface area contributed by atoms with Crippen molar-refractivity contribution in [3.05, 3.63) is 41.5 Å². The molecule has 2 saturated carbocycles. The lowest BCUT2D eigenvalue weighted by molar-refractivity contribution is -0.123. The highest BCUT2D eigenvalue weighted by molar-refractivity contribution is 14.1. The predicted molar refractivity (Wildman–Crippen MR) is 87.1 cm³/mol. The first-order valence-corrected chi connectivity index (χ1v) is 8.29. The lowest BCUT2D eigenvalue weighted by atomic mass is 9.91. The van der Waals surface area contributed by atoms with Crippen LogP contribution < -0.4 is 0 Å². The summed E-state index contributed by atoms with van der Waals surface area (Å²) in [6, 6.07) is 10.6. The third-order valence-corrected chi connectivity index (χ3v) is 5.93. The molecule has 0 bridgehead atoms. The van der Waals surface area contributed by atoms with E-state index in [-0.39, 0.29) is 0 Å². The number of rotatable bonds is 1. The normalized spacial score (nSPS) is 29.8. The number of allylic oxidation sites excluding steroid dienone is 1. The fourth-order valence-electron chi connectivity index (χ4n) is 3.51. The maximum atomic E-state index is 12.2. The Labute approximate surface area is 128 Å². The van der Waals surface area contributed by atoms with Gasteiger partial charge in [0.25, 0.3) is 0 Å². The van der Waals surface area contributed by atoms with Crippen molar-refractivity contribution in [1.29, 1.82) is 0 Å². The minimum absolute atomic E-state index is 0.325. The average Bonchev–Trinajstić information content (AvgIpc) is 2.80. The molecule has 0 heterocycles. The first kappa shape index (κ1) is 13.3. The number of carbonyl (C=O) groups excluding carboxylic acids is 1. The zero-order valence-electron chi connectivity index (χ0n) is 11.1. The number of ketones is 1. The summed E-state index contributed by atoms with van der Waals surface area (Å²) >= 11 is 2.47. The van der Waals surface area contributed by atoms with Gasteiger partial charge < -0.3 is 0 Å². The highest BCUT2D eigenvalue weighted by Crippen LogP contribution is 2.46. The van der Waals surface area contributed by atoms with Crippen molar-refractivity contribution in [3.8, 4) is 0 Å². The zero-order chi connectivity index (χ0) is 13.2. The molecule has 2 fully saturated rings. The van der Waals surface area contributed by atoms with E-state index in [1.54, 1.807) is 0 Å². The van der Waals surface area contributed by atoms with Crippen molar-refractivity contribution in [2.45, 2.75) is 38.5 Å². The second kappa shape index (κ2) is 5.78. The van der Waals surface area contributed by atoms with Crippen LogP contribution in [0.4, 0.5) is 0 Å². The molecule has 2 aliphatic rings. The van der Waals surface area contributed by atoms with E-state index >= 15 is 0 Å². The van der Waals surface area contributed by atoms with Crippen LogP contribution >= 0.6 is 22.6 Å². The molecule has 0 radical (unpaired) electrons. The summed E-state index contributed by atoms with van der Waals surface area (Å²) < 4.78 is 1.37. The Morgan fingerprint density at radius 1 is 1.11 bits per heavy atom. The van der Waals surface area contributed by atoms with E-state index in [2.05, 4.69) is 52.9 Å². The second-order valence-corrected chi connectivity index (χ2v) is 6.85. The molecule has 0 aromatic heterocycles. The Balaban J connectivity index is 1.87. The maximum absolute atomic E-state index is 12.2. The van der Waals surface area contributed by atoms with Crippen LogP contribution in [0.5, 0.6) is 0 Å². The van der Waals surface area contributed by atoms with Gasteiger partial charge in [0.15, 0.2) is 0 Å². The molecule has 0 spiro atoms. The van der Waals surface area contributed by atoms with Gasteiger partial charge in [-0.25, -0.2) is 0 Å². The minimum Gasteiger partial charge on any atom is -0.299 e. The lowest BCUT2D eigenvalue weighted by Gasteiger charge is -2.12. The molecule has 1 aromatic rings. The van der Waals surface area contributed by atoms with Gasteiger partial charge >= 0.3 is 0 Å². The number of Topliss-reactive ketones (excluding diaryl/α,β-unsaturated/α-hetero) is 1. The molecule has 2 aliphatic carbocycles. The SMILES string of the molecule is O=C1CCCCC2C/C(=C(\I)c3ccccc3)CC12. The maximum Gasteiger partial charge on any atom is 0.136 e.